The van der Waals surface area contributed by atoms with Crippen molar-refractivity contribution in [1.29, 1.82) is 0 Å². The SMILES string of the molecule is Cc1n[nH]c2c1CC[C@H]2NC(=O)c1cnn(Cc2cn3cc(C4CC4)ccc3n2)c1. The third-order valence-electron chi connectivity index (χ3n) is 6.23. The van der Waals surface area contributed by atoms with Crippen LogP contribution in [0, 0.1) is 6.92 Å². The molecule has 1 fully saturated rings. The molecule has 8 nitrogen and oxygen atoms in total. The van der Waals surface area contributed by atoms with E-state index in [4.69, 9.17) is 0 Å². The third-order valence-corrected chi connectivity index (χ3v) is 6.23. The number of amides is 1. The summed E-state index contributed by atoms with van der Waals surface area (Å²) in [6, 6.07) is 4.23. The zero-order valence-corrected chi connectivity index (χ0v) is 16.8. The van der Waals surface area contributed by atoms with E-state index >= 15 is 0 Å². The first-order chi connectivity index (χ1) is 14.6. The van der Waals surface area contributed by atoms with Crippen molar-refractivity contribution in [3.8, 4) is 0 Å². The van der Waals surface area contributed by atoms with Crippen molar-refractivity contribution in [3.63, 3.8) is 0 Å². The number of pyridine rings is 1. The van der Waals surface area contributed by atoms with E-state index in [-0.39, 0.29) is 11.9 Å². The fraction of sp³-hybridized carbons (Fsp3) is 0.364. The van der Waals surface area contributed by atoms with Crippen molar-refractivity contribution in [2.75, 3.05) is 0 Å². The average Bonchev–Trinajstić information content (AvgIpc) is 3.06. The van der Waals surface area contributed by atoms with Gasteiger partial charge in [-0.1, -0.05) is 6.07 Å². The Bertz CT molecular complexity index is 1260. The Balaban J connectivity index is 1.16. The summed E-state index contributed by atoms with van der Waals surface area (Å²) in [7, 11) is 0. The largest absolute Gasteiger partial charge is 0.344 e. The lowest BCUT2D eigenvalue weighted by atomic mass is 10.2. The molecule has 0 unspecified atom stereocenters. The second-order valence-electron chi connectivity index (χ2n) is 8.43. The van der Waals surface area contributed by atoms with Gasteiger partial charge in [0.15, 0.2) is 0 Å². The summed E-state index contributed by atoms with van der Waals surface area (Å²) in [6.07, 6.45) is 12.0. The molecule has 2 aliphatic rings. The molecule has 8 heteroatoms. The number of aromatic amines is 1. The first-order valence-electron chi connectivity index (χ1n) is 10.5. The van der Waals surface area contributed by atoms with Gasteiger partial charge in [0.05, 0.1) is 41.4 Å². The topological polar surface area (TPSA) is 92.9 Å². The van der Waals surface area contributed by atoms with Gasteiger partial charge in [-0.25, -0.2) is 4.98 Å². The molecule has 2 aliphatic carbocycles. The number of fused-ring (bicyclic) bond motifs is 2. The average molecular weight is 401 g/mol. The summed E-state index contributed by atoms with van der Waals surface area (Å²) < 4.78 is 3.85. The van der Waals surface area contributed by atoms with E-state index in [9.17, 15) is 4.79 Å². The van der Waals surface area contributed by atoms with Crippen LogP contribution >= 0.6 is 0 Å². The van der Waals surface area contributed by atoms with Crippen molar-refractivity contribution in [2.24, 2.45) is 0 Å². The molecule has 4 aromatic heterocycles. The Morgan fingerprint density at radius 3 is 3.00 bits per heavy atom. The first-order valence-corrected chi connectivity index (χ1v) is 10.5. The molecule has 1 saturated carbocycles. The van der Waals surface area contributed by atoms with Gasteiger partial charge in [-0.05, 0) is 55.7 Å². The van der Waals surface area contributed by atoms with Gasteiger partial charge >= 0.3 is 0 Å². The lowest BCUT2D eigenvalue weighted by Gasteiger charge is -2.11. The summed E-state index contributed by atoms with van der Waals surface area (Å²) in [4.78, 5) is 17.4. The van der Waals surface area contributed by atoms with E-state index in [2.05, 4.69) is 48.3 Å². The zero-order chi connectivity index (χ0) is 20.2. The predicted molar refractivity (Wildman–Crippen MR) is 110 cm³/mol. The lowest BCUT2D eigenvalue weighted by molar-refractivity contribution is 0.0936. The predicted octanol–water partition coefficient (Wildman–Crippen LogP) is 2.91. The molecule has 0 spiro atoms. The maximum Gasteiger partial charge on any atom is 0.255 e. The highest BCUT2D eigenvalue weighted by Gasteiger charge is 2.28. The molecule has 0 bridgehead atoms. The smallest absolute Gasteiger partial charge is 0.255 e. The van der Waals surface area contributed by atoms with Crippen LogP contribution in [0.25, 0.3) is 5.65 Å². The molecular formula is C22H23N7O. The third kappa shape index (κ3) is 2.99. The molecule has 6 rings (SSSR count). The number of hydrogen-bond acceptors (Lipinski definition) is 4. The quantitative estimate of drug-likeness (QED) is 0.538. The fourth-order valence-corrected chi connectivity index (χ4v) is 4.43. The van der Waals surface area contributed by atoms with E-state index in [0.717, 1.165) is 35.6 Å². The molecule has 0 aromatic carbocycles. The standard InChI is InChI=1S/C22H23N7O/c1-13-18-5-6-19(21(18)27-26-13)25-22(30)16-8-23-29(10-16)12-17-11-28-9-15(14-2-3-14)4-7-20(28)24-17/h4,7-11,14,19H,2-3,5-6,12H2,1H3,(H,25,30)(H,26,27)/t19-/m1/s1. The number of nitrogens with one attached hydrogen (secondary N) is 2. The van der Waals surface area contributed by atoms with Crippen LogP contribution in [0.4, 0.5) is 0 Å². The van der Waals surface area contributed by atoms with Crippen LogP contribution in [0.2, 0.25) is 0 Å². The van der Waals surface area contributed by atoms with E-state index < -0.39 is 0 Å². The number of rotatable bonds is 5. The number of nitrogens with zero attached hydrogens (tertiary/aromatic N) is 5. The summed E-state index contributed by atoms with van der Waals surface area (Å²) in [5, 5.41) is 14.8. The molecule has 1 amide bonds. The molecule has 152 valence electrons. The van der Waals surface area contributed by atoms with Crippen molar-refractivity contribution >= 4 is 11.6 Å². The Labute approximate surface area is 173 Å². The Morgan fingerprint density at radius 1 is 1.23 bits per heavy atom. The van der Waals surface area contributed by atoms with E-state index in [1.807, 2.05) is 13.1 Å². The number of H-pyrrole nitrogens is 1. The molecule has 0 radical (unpaired) electrons. The molecule has 4 heterocycles. The second-order valence-corrected chi connectivity index (χ2v) is 8.43. The van der Waals surface area contributed by atoms with Gasteiger partial charge in [-0.2, -0.15) is 10.2 Å². The lowest BCUT2D eigenvalue weighted by Crippen LogP contribution is -2.27. The Morgan fingerprint density at radius 2 is 2.13 bits per heavy atom. The number of carbonyl (C=O) groups excluding carboxylic acids is 1. The van der Waals surface area contributed by atoms with Crippen molar-refractivity contribution < 1.29 is 4.79 Å². The van der Waals surface area contributed by atoms with Crippen molar-refractivity contribution in [2.45, 2.75) is 51.1 Å². The van der Waals surface area contributed by atoms with Crippen LogP contribution in [0.3, 0.4) is 0 Å². The minimum absolute atomic E-state index is 0.0175. The molecule has 2 N–H and O–H groups in total. The van der Waals surface area contributed by atoms with Gasteiger partial charge < -0.3 is 9.72 Å². The highest BCUT2D eigenvalue weighted by atomic mass is 16.1. The van der Waals surface area contributed by atoms with Gasteiger partial charge in [0.2, 0.25) is 0 Å². The molecular weight excluding hydrogens is 378 g/mol. The maximum absolute atomic E-state index is 12.7. The van der Waals surface area contributed by atoms with Gasteiger partial charge in [0, 0.05) is 18.6 Å². The van der Waals surface area contributed by atoms with Crippen LogP contribution in [0.15, 0.2) is 36.9 Å². The summed E-state index contributed by atoms with van der Waals surface area (Å²) >= 11 is 0. The number of aryl methyl sites for hydroxylation is 1. The first kappa shape index (κ1) is 17.4. The minimum atomic E-state index is -0.115. The van der Waals surface area contributed by atoms with Gasteiger partial charge in [-0.3, -0.25) is 14.6 Å². The van der Waals surface area contributed by atoms with E-state index in [1.54, 1.807) is 17.1 Å². The minimum Gasteiger partial charge on any atom is -0.344 e. The molecule has 0 saturated heterocycles. The van der Waals surface area contributed by atoms with Crippen LogP contribution in [-0.2, 0) is 13.0 Å². The molecule has 1 atom stereocenters. The summed E-state index contributed by atoms with van der Waals surface area (Å²) in [6.45, 7) is 2.52. The number of aromatic nitrogens is 6. The molecule has 30 heavy (non-hydrogen) atoms. The van der Waals surface area contributed by atoms with Crippen LogP contribution < -0.4 is 5.32 Å². The number of imidazole rings is 1. The summed E-state index contributed by atoms with van der Waals surface area (Å²) in [5.41, 5.74) is 7.08. The highest BCUT2D eigenvalue weighted by Crippen LogP contribution is 2.39. The maximum atomic E-state index is 12.7. The van der Waals surface area contributed by atoms with E-state index in [0.29, 0.717) is 18.0 Å². The second kappa shape index (κ2) is 6.55. The monoisotopic (exact) mass is 401 g/mol. The van der Waals surface area contributed by atoms with E-state index in [1.165, 1.54) is 24.0 Å². The normalized spacial score (nSPS) is 18.1. The Kier molecular flexibility index (Phi) is 3.81. The zero-order valence-electron chi connectivity index (χ0n) is 16.8. The molecule has 0 aliphatic heterocycles. The fourth-order valence-electron chi connectivity index (χ4n) is 4.43. The van der Waals surface area contributed by atoms with Crippen molar-refractivity contribution in [1.82, 2.24) is 34.7 Å². The van der Waals surface area contributed by atoms with Crippen LogP contribution in [-0.4, -0.2) is 35.3 Å². The number of hydrogen-bond donors (Lipinski definition) is 2. The van der Waals surface area contributed by atoms with Crippen LogP contribution in [0.1, 0.15) is 69.8 Å². The van der Waals surface area contributed by atoms with Gasteiger partial charge in [0.25, 0.3) is 5.91 Å². The summed E-state index contributed by atoms with van der Waals surface area (Å²) in [5.74, 6) is 0.601. The highest BCUT2D eigenvalue weighted by molar-refractivity contribution is 5.94. The van der Waals surface area contributed by atoms with Crippen LogP contribution in [0.5, 0.6) is 0 Å². The van der Waals surface area contributed by atoms with Crippen molar-refractivity contribution in [3.05, 3.63) is 70.7 Å². The Hall–Kier alpha value is -3.42. The number of carbonyl (C=O) groups is 1. The van der Waals surface area contributed by atoms with Gasteiger partial charge in [0.1, 0.15) is 5.65 Å². The van der Waals surface area contributed by atoms with Gasteiger partial charge in [-0.15, -0.1) is 0 Å². The molecule has 4 aromatic rings.